The zero-order valence-electron chi connectivity index (χ0n) is 9.57. The van der Waals surface area contributed by atoms with Gasteiger partial charge in [-0.3, -0.25) is 0 Å². The normalized spacial score (nSPS) is 17.9. The van der Waals surface area contributed by atoms with E-state index in [1.54, 1.807) is 6.33 Å². The molecule has 90 valence electrons. The standard InChI is InChI=1S/C12H16N4O/c13-4-12(6-17-7-12)5-14-9-1-2-10-11(3-9)16-8-15-10/h1-3,8,14H,4-7,13H2,(H,15,16). The molecule has 1 aromatic carbocycles. The minimum absolute atomic E-state index is 0.114. The molecule has 0 bridgehead atoms. The molecular weight excluding hydrogens is 216 g/mol. The van der Waals surface area contributed by atoms with Crippen LogP contribution in [0.2, 0.25) is 0 Å². The predicted molar refractivity (Wildman–Crippen MR) is 66.9 cm³/mol. The molecule has 4 N–H and O–H groups in total. The number of nitrogens with two attached hydrogens (primary N) is 1. The number of rotatable bonds is 4. The van der Waals surface area contributed by atoms with Crippen LogP contribution >= 0.6 is 0 Å². The van der Waals surface area contributed by atoms with Crippen LogP contribution in [0.3, 0.4) is 0 Å². The highest BCUT2D eigenvalue weighted by molar-refractivity contribution is 5.78. The van der Waals surface area contributed by atoms with Crippen molar-refractivity contribution in [1.29, 1.82) is 0 Å². The Kier molecular flexibility index (Phi) is 2.49. The van der Waals surface area contributed by atoms with Gasteiger partial charge < -0.3 is 20.8 Å². The number of H-pyrrole nitrogens is 1. The van der Waals surface area contributed by atoms with E-state index >= 15 is 0 Å². The monoisotopic (exact) mass is 232 g/mol. The first kappa shape index (κ1) is 10.6. The molecule has 2 aromatic rings. The fourth-order valence-corrected chi connectivity index (χ4v) is 2.02. The van der Waals surface area contributed by atoms with E-state index in [4.69, 9.17) is 10.5 Å². The maximum absolute atomic E-state index is 5.77. The number of hydrogen-bond donors (Lipinski definition) is 3. The van der Waals surface area contributed by atoms with Gasteiger partial charge in [0.2, 0.25) is 0 Å². The lowest BCUT2D eigenvalue weighted by Crippen LogP contribution is -2.52. The number of nitrogens with zero attached hydrogens (tertiary/aromatic N) is 1. The van der Waals surface area contributed by atoms with Crippen LogP contribution in [0.4, 0.5) is 5.69 Å². The number of benzene rings is 1. The van der Waals surface area contributed by atoms with Gasteiger partial charge in [0.25, 0.3) is 0 Å². The van der Waals surface area contributed by atoms with E-state index in [0.717, 1.165) is 36.5 Å². The van der Waals surface area contributed by atoms with E-state index in [1.807, 2.05) is 12.1 Å². The molecule has 2 heterocycles. The van der Waals surface area contributed by atoms with E-state index in [-0.39, 0.29) is 5.41 Å². The molecule has 5 heteroatoms. The number of imidazole rings is 1. The second kappa shape index (κ2) is 4.01. The van der Waals surface area contributed by atoms with Crippen LogP contribution in [-0.2, 0) is 4.74 Å². The summed E-state index contributed by atoms with van der Waals surface area (Å²) in [7, 11) is 0. The van der Waals surface area contributed by atoms with Crippen molar-refractivity contribution in [3.05, 3.63) is 24.5 Å². The van der Waals surface area contributed by atoms with Crippen molar-refractivity contribution >= 4 is 16.7 Å². The SMILES string of the molecule is NCC1(CNc2ccc3nc[nH]c3c2)COC1. The summed E-state index contributed by atoms with van der Waals surface area (Å²) < 4.78 is 5.24. The summed E-state index contributed by atoms with van der Waals surface area (Å²) in [5.41, 5.74) is 9.00. The molecule has 0 saturated carbocycles. The maximum atomic E-state index is 5.77. The predicted octanol–water partition coefficient (Wildman–Crippen LogP) is 0.950. The highest BCUT2D eigenvalue weighted by Crippen LogP contribution is 2.26. The van der Waals surface area contributed by atoms with E-state index in [1.165, 1.54) is 0 Å². The van der Waals surface area contributed by atoms with E-state index in [2.05, 4.69) is 21.4 Å². The van der Waals surface area contributed by atoms with Crippen molar-refractivity contribution in [3.63, 3.8) is 0 Å². The zero-order chi connectivity index (χ0) is 11.7. The Morgan fingerprint density at radius 3 is 3.06 bits per heavy atom. The number of aromatic amines is 1. The molecule has 1 aliphatic rings. The van der Waals surface area contributed by atoms with Crippen LogP contribution in [0.15, 0.2) is 24.5 Å². The Morgan fingerprint density at radius 2 is 2.35 bits per heavy atom. The second-order valence-corrected chi connectivity index (χ2v) is 4.68. The summed E-state index contributed by atoms with van der Waals surface area (Å²) in [4.78, 5) is 7.29. The number of nitrogens with one attached hydrogen (secondary N) is 2. The molecule has 3 rings (SSSR count). The van der Waals surface area contributed by atoms with Gasteiger partial charge in [0.1, 0.15) is 0 Å². The lowest BCUT2D eigenvalue weighted by Gasteiger charge is -2.40. The number of hydrogen-bond acceptors (Lipinski definition) is 4. The van der Waals surface area contributed by atoms with Gasteiger partial charge in [-0.05, 0) is 18.2 Å². The average molecular weight is 232 g/mol. The summed E-state index contributed by atoms with van der Waals surface area (Å²) in [5.74, 6) is 0. The van der Waals surface area contributed by atoms with Crippen LogP contribution in [0.1, 0.15) is 0 Å². The third-order valence-corrected chi connectivity index (χ3v) is 3.34. The van der Waals surface area contributed by atoms with Crippen molar-refractivity contribution in [1.82, 2.24) is 9.97 Å². The Labute approximate surface area is 99.4 Å². The fourth-order valence-electron chi connectivity index (χ4n) is 2.02. The number of fused-ring (bicyclic) bond motifs is 1. The largest absolute Gasteiger partial charge is 0.384 e. The molecule has 0 atom stereocenters. The first-order chi connectivity index (χ1) is 8.31. The van der Waals surface area contributed by atoms with E-state index in [9.17, 15) is 0 Å². The van der Waals surface area contributed by atoms with Gasteiger partial charge >= 0.3 is 0 Å². The average Bonchev–Trinajstić information content (AvgIpc) is 2.75. The second-order valence-electron chi connectivity index (χ2n) is 4.68. The van der Waals surface area contributed by atoms with Crippen molar-refractivity contribution in [2.24, 2.45) is 11.1 Å². The summed E-state index contributed by atoms with van der Waals surface area (Å²) >= 11 is 0. The molecule has 0 unspecified atom stereocenters. The van der Waals surface area contributed by atoms with Crippen LogP contribution < -0.4 is 11.1 Å². The van der Waals surface area contributed by atoms with Crippen LogP contribution in [-0.4, -0.2) is 36.3 Å². The molecule has 1 saturated heterocycles. The van der Waals surface area contributed by atoms with Crippen molar-refractivity contribution < 1.29 is 4.74 Å². The van der Waals surface area contributed by atoms with Crippen LogP contribution in [0, 0.1) is 5.41 Å². The third-order valence-electron chi connectivity index (χ3n) is 3.34. The fraction of sp³-hybridized carbons (Fsp3) is 0.417. The molecule has 0 spiro atoms. The van der Waals surface area contributed by atoms with Crippen molar-refractivity contribution in [3.8, 4) is 0 Å². The number of aromatic nitrogens is 2. The molecule has 17 heavy (non-hydrogen) atoms. The summed E-state index contributed by atoms with van der Waals surface area (Å²) in [6, 6.07) is 6.10. The molecule has 1 aliphatic heterocycles. The highest BCUT2D eigenvalue weighted by atomic mass is 16.5. The summed E-state index contributed by atoms with van der Waals surface area (Å²) in [6.07, 6.45) is 1.70. The lowest BCUT2D eigenvalue weighted by molar-refractivity contribution is -0.0979. The van der Waals surface area contributed by atoms with Gasteiger partial charge in [0.15, 0.2) is 0 Å². The van der Waals surface area contributed by atoms with E-state index in [0.29, 0.717) is 6.54 Å². The smallest absolute Gasteiger partial charge is 0.0931 e. The molecule has 1 fully saturated rings. The number of anilines is 1. The third kappa shape index (κ3) is 1.87. The van der Waals surface area contributed by atoms with Crippen LogP contribution in [0.25, 0.3) is 11.0 Å². The first-order valence-electron chi connectivity index (χ1n) is 5.76. The Hall–Kier alpha value is -1.59. The molecular formula is C12H16N4O. The molecule has 1 aromatic heterocycles. The Bertz CT molecular complexity index is 512. The maximum Gasteiger partial charge on any atom is 0.0931 e. The van der Waals surface area contributed by atoms with Gasteiger partial charge in [-0.2, -0.15) is 0 Å². The van der Waals surface area contributed by atoms with Crippen molar-refractivity contribution in [2.75, 3.05) is 31.6 Å². The van der Waals surface area contributed by atoms with Gasteiger partial charge in [0.05, 0.1) is 30.6 Å². The molecule has 5 nitrogen and oxygen atoms in total. The van der Waals surface area contributed by atoms with E-state index < -0.39 is 0 Å². The molecule has 0 radical (unpaired) electrons. The quantitative estimate of drug-likeness (QED) is 0.733. The van der Waals surface area contributed by atoms with Gasteiger partial charge in [0, 0.05) is 24.2 Å². The lowest BCUT2D eigenvalue weighted by atomic mass is 9.86. The minimum atomic E-state index is 0.114. The highest BCUT2D eigenvalue weighted by Gasteiger charge is 2.36. The Balaban J connectivity index is 1.71. The van der Waals surface area contributed by atoms with Gasteiger partial charge in [-0.25, -0.2) is 4.98 Å². The van der Waals surface area contributed by atoms with Gasteiger partial charge in [-0.15, -0.1) is 0 Å². The Morgan fingerprint density at radius 1 is 1.47 bits per heavy atom. The van der Waals surface area contributed by atoms with Crippen molar-refractivity contribution in [2.45, 2.75) is 0 Å². The van der Waals surface area contributed by atoms with Gasteiger partial charge in [-0.1, -0.05) is 0 Å². The summed E-state index contributed by atoms with van der Waals surface area (Å²) in [6.45, 7) is 3.01. The first-order valence-corrected chi connectivity index (χ1v) is 5.76. The number of ether oxygens (including phenoxy) is 1. The minimum Gasteiger partial charge on any atom is -0.384 e. The molecule has 0 amide bonds. The summed E-state index contributed by atoms with van der Waals surface area (Å²) in [5, 5.41) is 3.41. The molecule has 0 aliphatic carbocycles. The topological polar surface area (TPSA) is 76.0 Å². The zero-order valence-corrected chi connectivity index (χ0v) is 9.57. The van der Waals surface area contributed by atoms with Crippen LogP contribution in [0.5, 0.6) is 0 Å².